The predicted octanol–water partition coefficient (Wildman–Crippen LogP) is 1.51. The molecule has 0 aliphatic heterocycles. The van der Waals surface area contributed by atoms with Gasteiger partial charge in [0.1, 0.15) is 6.23 Å². The molecule has 1 heterocycles. The van der Waals surface area contributed by atoms with Crippen LogP contribution in [0.4, 0.5) is 0 Å². The number of rotatable bonds is 2. The van der Waals surface area contributed by atoms with E-state index in [4.69, 9.17) is 0 Å². The van der Waals surface area contributed by atoms with Crippen molar-refractivity contribution in [2.45, 2.75) is 13.2 Å². The highest BCUT2D eigenvalue weighted by atomic mass is 16.3. The van der Waals surface area contributed by atoms with Gasteiger partial charge in [0.05, 0.1) is 5.52 Å². The third-order valence-corrected chi connectivity index (χ3v) is 2.62. The standard InChI is InChI=1S/C12H14N2O2/c1-8(15)14-6-5-9-3-4-10(7-11(9)14)12(16)13-2/h3-8,15H,1-2H3,(H,13,16). The predicted molar refractivity (Wildman–Crippen MR) is 62.3 cm³/mol. The summed E-state index contributed by atoms with van der Waals surface area (Å²) < 4.78 is 1.72. The van der Waals surface area contributed by atoms with Crippen molar-refractivity contribution in [1.82, 2.24) is 9.88 Å². The normalized spacial score (nSPS) is 12.7. The first-order chi connectivity index (χ1) is 7.63. The van der Waals surface area contributed by atoms with Crippen LogP contribution in [-0.4, -0.2) is 22.6 Å². The van der Waals surface area contributed by atoms with Gasteiger partial charge in [-0.1, -0.05) is 6.07 Å². The third kappa shape index (κ3) is 1.67. The fourth-order valence-corrected chi connectivity index (χ4v) is 1.76. The summed E-state index contributed by atoms with van der Waals surface area (Å²) in [6.07, 6.45) is 1.21. The number of nitrogens with zero attached hydrogens (tertiary/aromatic N) is 1. The number of hydrogen-bond donors (Lipinski definition) is 2. The van der Waals surface area contributed by atoms with Crippen molar-refractivity contribution in [3.05, 3.63) is 36.0 Å². The smallest absolute Gasteiger partial charge is 0.251 e. The molecule has 0 saturated heterocycles. The topological polar surface area (TPSA) is 54.3 Å². The van der Waals surface area contributed by atoms with Crippen LogP contribution in [0.15, 0.2) is 30.5 Å². The van der Waals surface area contributed by atoms with Crippen molar-refractivity contribution < 1.29 is 9.90 Å². The molecule has 4 nitrogen and oxygen atoms in total. The molecule has 1 aromatic carbocycles. The number of benzene rings is 1. The van der Waals surface area contributed by atoms with Crippen molar-refractivity contribution >= 4 is 16.8 Å². The van der Waals surface area contributed by atoms with Crippen LogP contribution in [0.5, 0.6) is 0 Å². The molecule has 1 amide bonds. The molecule has 0 fully saturated rings. The van der Waals surface area contributed by atoms with E-state index in [1.165, 1.54) is 0 Å². The SMILES string of the molecule is CNC(=O)c1ccc2ccn(C(C)O)c2c1. The molecule has 0 radical (unpaired) electrons. The summed E-state index contributed by atoms with van der Waals surface area (Å²) in [6, 6.07) is 7.34. The molecule has 1 aromatic heterocycles. The monoisotopic (exact) mass is 218 g/mol. The molecule has 0 bridgehead atoms. The van der Waals surface area contributed by atoms with E-state index in [1.807, 2.05) is 18.3 Å². The van der Waals surface area contributed by atoms with E-state index in [9.17, 15) is 9.90 Å². The van der Waals surface area contributed by atoms with E-state index in [1.54, 1.807) is 30.7 Å². The lowest BCUT2D eigenvalue weighted by atomic mass is 10.1. The van der Waals surface area contributed by atoms with Gasteiger partial charge in [-0.25, -0.2) is 0 Å². The Morgan fingerprint density at radius 3 is 2.81 bits per heavy atom. The molecule has 1 atom stereocenters. The van der Waals surface area contributed by atoms with E-state index >= 15 is 0 Å². The van der Waals surface area contributed by atoms with Gasteiger partial charge >= 0.3 is 0 Å². The van der Waals surface area contributed by atoms with Gasteiger partial charge in [-0.05, 0) is 30.5 Å². The average molecular weight is 218 g/mol. The highest BCUT2D eigenvalue weighted by Crippen LogP contribution is 2.20. The fourth-order valence-electron chi connectivity index (χ4n) is 1.76. The number of aliphatic hydroxyl groups excluding tert-OH is 1. The summed E-state index contributed by atoms with van der Waals surface area (Å²) in [5.74, 6) is -0.125. The molecule has 1 unspecified atom stereocenters. The van der Waals surface area contributed by atoms with E-state index in [2.05, 4.69) is 5.32 Å². The molecule has 16 heavy (non-hydrogen) atoms. The highest BCUT2D eigenvalue weighted by molar-refractivity contribution is 5.97. The minimum absolute atomic E-state index is 0.125. The van der Waals surface area contributed by atoms with Gasteiger partial charge in [0, 0.05) is 18.8 Å². The lowest BCUT2D eigenvalue weighted by Crippen LogP contribution is -2.17. The lowest BCUT2D eigenvalue weighted by Gasteiger charge is -2.09. The minimum atomic E-state index is -0.600. The minimum Gasteiger partial charge on any atom is -0.374 e. The summed E-state index contributed by atoms with van der Waals surface area (Å²) in [7, 11) is 1.60. The quantitative estimate of drug-likeness (QED) is 0.802. The fraction of sp³-hybridized carbons (Fsp3) is 0.250. The van der Waals surface area contributed by atoms with Crippen LogP contribution in [0, 0.1) is 0 Å². The van der Waals surface area contributed by atoms with Gasteiger partial charge < -0.3 is 15.0 Å². The van der Waals surface area contributed by atoms with Crippen molar-refractivity contribution in [2.24, 2.45) is 0 Å². The Hall–Kier alpha value is -1.81. The Labute approximate surface area is 93.5 Å². The van der Waals surface area contributed by atoms with Gasteiger partial charge in [0.2, 0.25) is 0 Å². The van der Waals surface area contributed by atoms with Crippen molar-refractivity contribution in [3.8, 4) is 0 Å². The Morgan fingerprint density at radius 1 is 1.44 bits per heavy atom. The van der Waals surface area contributed by atoms with E-state index in [0.29, 0.717) is 5.56 Å². The largest absolute Gasteiger partial charge is 0.374 e. The second-order valence-electron chi connectivity index (χ2n) is 3.71. The van der Waals surface area contributed by atoms with Crippen LogP contribution in [0.1, 0.15) is 23.5 Å². The average Bonchev–Trinajstić information content (AvgIpc) is 2.70. The molecule has 0 saturated carbocycles. The van der Waals surface area contributed by atoms with Crippen LogP contribution < -0.4 is 5.32 Å². The molecule has 0 aliphatic carbocycles. The van der Waals surface area contributed by atoms with Crippen LogP contribution in [0.2, 0.25) is 0 Å². The molecule has 0 spiro atoms. The lowest BCUT2D eigenvalue weighted by molar-refractivity contribution is 0.0962. The van der Waals surface area contributed by atoms with Gasteiger partial charge in [0.15, 0.2) is 0 Å². The van der Waals surface area contributed by atoms with Crippen LogP contribution in [-0.2, 0) is 0 Å². The number of hydrogen-bond acceptors (Lipinski definition) is 2. The van der Waals surface area contributed by atoms with Crippen molar-refractivity contribution in [2.75, 3.05) is 7.05 Å². The van der Waals surface area contributed by atoms with Crippen molar-refractivity contribution in [3.63, 3.8) is 0 Å². The summed E-state index contributed by atoms with van der Waals surface area (Å²) in [5, 5.41) is 13.1. The Balaban J connectivity index is 2.58. The van der Waals surface area contributed by atoms with Gasteiger partial charge in [0.25, 0.3) is 5.91 Å². The van der Waals surface area contributed by atoms with E-state index in [0.717, 1.165) is 10.9 Å². The molecule has 0 aliphatic rings. The second-order valence-corrected chi connectivity index (χ2v) is 3.71. The van der Waals surface area contributed by atoms with Gasteiger partial charge in [-0.15, -0.1) is 0 Å². The number of carbonyl (C=O) groups is 1. The zero-order chi connectivity index (χ0) is 11.7. The summed E-state index contributed by atoms with van der Waals surface area (Å²) in [4.78, 5) is 11.5. The molecule has 2 rings (SSSR count). The number of amides is 1. The maximum atomic E-state index is 11.5. The van der Waals surface area contributed by atoms with Crippen molar-refractivity contribution in [1.29, 1.82) is 0 Å². The number of carbonyl (C=O) groups excluding carboxylic acids is 1. The molecular formula is C12H14N2O2. The number of nitrogens with one attached hydrogen (secondary N) is 1. The zero-order valence-corrected chi connectivity index (χ0v) is 9.27. The number of aromatic nitrogens is 1. The van der Waals surface area contributed by atoms with E-state index < -0.39 is 6.23 Å². The summed E-state index contributed by atoms with van der Waals surface area (Å²) in [5.41, 5.74) is 1.45. The first kappa shape index (κ1) is 10.7. The third-order valence-electron chi connectivity index (χ3n) is 2.62. The molecule has 2 N–H and O–H groups in total. The zero-order valence-electron chi connectivity index (χ0n) is 9.27. The maximum Gasteiger partial charge on any atom is 0.251 e. The Morgan fingerprint density at radius 2 is 2.19 bits per heavy atom. The van der Waals surface area contributed by atoms with Crippen LogP contribution in [0.3, 0.4) is 0 Å². The highest BCUT2D eigenvalue weighted by Gasteiger charge is 2.08. The maximum absolute atomic E-state index is 11.5. The number of aliphatic hydroxyl groups is 1. The van der Waals surface area contributed by atoms with Crippen LogP contribution >= 0.6 is 0 Å². The Kier molecular flexibility index (Phi) is 2.66. The summed E-state index contributed by atoms with van der Waals surface area (Å²) >= 11 is 0. The van der Waals surface area contributed by atoms with Crippen LogP contribution in [0.25, 0.3) is 10.9 Å². The number of fused-ring (bicyclic) bond motifs is 1. The Bertz CT molecular complexity index is 529. The molecule has 2 aromatic rings. The van der Waals surface area contributed by atoms with Gasteiger partial charge in [-0.2, -0.15) is 0 Å². The van der Waals surface area contributed by atoms with Gasteiger partial charge in [-0.3, -0.25) is 4.79 Å². The molecule has 84 valence electrons. The first-order valence-electron chi connectivity index (χ1n) is 5.14. The van der Waals surface area contributed by atoms with E-state index in [-0.39, 0.29) is 5.91 Å². The molecule has 4 heteroatoms. The second kappa shape index (κ2) is 3.98. The first-order valence-corrected chi connectivity index (χ1v) is 5.14. The molecular weight excluding hydrogens is 204 g/mol. The summed E-state index contributed by atoms with van der Waals surface area (Å²) in [6.45, 7) is 1.69.